The van der Waals surface area contributed by atoms with Gasteiger partial charge >= 0.3 is 6.03 Å². The smallest absolute Gasteiger partial charge is 0.326 e. The second-order valence-electron chi connectivity index (χ2n) is 3.67. The Morgan fingerprint density at radius 2 is 1.94 bits per heavy atom. The number of furan rings is 1. The Morgan fingerprint density at radius 3 is 2.56 bits per heavy atom. The average Bonchev–Trinajstić information content (AvgIpc) is 2.68. The fourth-order valence-corrected chi connectivity index (χ4v) is 2.27. The van der Waals surface area contributed by atoms with Crippen LogP contribution in [0.3, 0.4) is 0 Å². The van der Waals surface area contributed by atoms with Crippen molar-refractivity contribution in [3.63, 3.8) is 0 Å². The van der Waals surface area contributed by atoms with E-state index >= 15 is 0 Å². The highest BCUT2D eigenvalue weighted by molar-refractivity contribution is 9.10. The largest absolute Gasteiger partial charge is 0.434 e. The van der Waals surface area contributed by atoms with E-state index in [-0.39, 0.29) is 6.03 Å². The van der Waals surface area contributed by atoms with E-state index in [9.17, 15) is 4.79 Å². The number of rotatable bonds is 2. The summed E-state index contributed by atoms with van der Waals surface area (Å²) in [5, 5.41) is 5.31. The highest BCUT2D eigenvalue weighted by atomic mass is 79.9. The maximum absolute atomic E-state index is 11.7. The molecule has 0 aliphatic rings. The summed E-state index contributed by atoms with van der Waals surface area (Å²) in [4.78, 5) is 11.7. The Balaban J connectivity index is 2.03. The normalized spacial score (nSPS) is 10.2. The Labute approximate surface area is 121 Å². The van der Waals surface area contributed by atoms with Crippen LogP contribution in [0.5, 0.6) is 0 Å². The molecule has 1 heterocycles. The Bertz CT molecular complexity index is 581. The number of benzene rings is 1. The molecular weight excluding hydrogens is 364 g/mol. The molecule has 0 aliphatic heterocycles. The predicted molar refractivity (Wildman–Crippen MR) is 77.9 cm³/mol. The van der Waals surface area contributed by atoms with Gasteiger partial charge in [-0.3, -0.25) is 5.32 Å². The van der Waals surface area contributed by atoms with Crippen LogP contribution in [0.15, 0.2) is 43.9 Å². The van der Waals surface area contributed by atoms with Crippen LogP contribution in [0.4, 0.5) is 16.4 Å². The van der Waals surface area contributed by atoms with Gasteiger partial charge in [-0.15, -0.1) is 0 Å². The topological polar surface area (TPSA) is 54.3 Å². The van der Waals surface area contributed by atoms with E-state index in [1.165, 1.54) is 0 Å². The van der Waals surface area contributed by atoms with Crippen molar-refractivity contribution in [2.24, 2.45) is 0 Å². The minimum absolute atomic E-state index is 0.360. The molecule has 94 valence electrons. The lowest BCUT2D eigenvalue weighted by Gasteiger charge is -2.08. The first-order valence-corrected chi connectivity index (χ1v) is 6.73. The summed E-state index contributed by atoms with van der Waals surface area (Å²) in [5.41, 5.74) is 1.81. The molecule has 0 saturated carbocycles. The maximum Gasteiger partial charge on any atom is 0.326 e. The molecule has 0 unspecified atom stereocenters. The van der Waals surface area contributed by atoms with Crippen LogP contribution in [0.25, 0.3) is 0 Å². The van der Waals surface area contributed by atoms with Crippen LogP contribution in [0.1, 0.15) is 5.56 Å². The van der Waals surface area contributed by atoms with Crippen LogP contribution >= 0.6 is 31.9 Å². The summed E-state index contributed by atoms with van der Waals surface area (Å²) < 4.78 is 6.57. The van der Waals surface area contributed by atoms with Gasteiger partial charge in [-0.2, -0.15) is 0 Å². The molecule has 4 nitrogen and oxygen atoms in total. The molecule has 0 radical (unpaired) electrons. The summed E-state index contributed by atoms with van der Waals surface area (Å²) in [7, 11) is 0. The Kier molecular flexibility index (Phi) is 4.08. The van der Waals surface area contributed by atoms with Crippen molar-refractivity contribution in [2.75, 3.05) is 10.6 Å². The van der Waals surface area contributed by atoms with Crippen molar-refractivity contribution in [1.29, 1.82) is 0 Å². The molecule has 0 saturated heterocycles. The van der Waals surface area contributed by atoms with Crippen LogP contribution in [0, 0.1) is 6.92 Å². The number of carbonyl (C=O) groups is 1. The van der Waals surface area contributed by atoms with Crippen LogP contribution < -0.4 is 10.6 Å². The van der Waals surface area contributed by atoms with Gasteiger partial charge in [0.2, 0.25) is 5.88 Å². The van der Waals surface area contributed by atoms with Gasteiger partial charge in [0.15, 0.2) is 4.67 Å². The summed E-state index contributed by atoms with van der Waals surface area (Å²) >= 11 is 6.55. The van der Waals surface area contributed by atoms with E-state index in [1.54, 1.807) is 12.1 Å². The monoisotopic (exact) mass is 372 g/mol. The number of carbonyl (C=O) groups excluding carboxylic acids is 1. The van der Waals surface area contributed by atoms with E-state index in [0.29, 0.717) is 16.2 Å². The first-order valence-electron chi connectivity index (χ1n) is 5.14. The van der Waals surface area contributed by atoms with E-state index in [2.05, 4.69) is 42.5 Å². The van der Waals surface area contributed by atoms with Crippen molar-refractivity contribution in [2.45, 2.75) is 6.92 Å². The van der Waals surface area contributed by atoms with Crippen molar-refractivity contribution >= 4 is 49.5 Å². The van der Waals surface area contributed by atoms with Crippen LogP contribution in [0.2, 0.25) is 0 Å². The van der Waals surface area contributed by atoms with Crippen molar-refractivity contribution in [3.05, 3.63) is 45.0 Å². The summed E-state index contributed by atoms with van der Waals surface area (Å²) in [6, 6.07) is 8.69. The van der Waals surface area contributed by atoms with Gasteiger partial charge in [0.1, 0.15) is 0 Å². The zero-order valence-corrected chi connectivity index (χ0v) is 12.6. The molecule has 0 bridgehead atoms. The number of anilines is 2. The van der Waals surface area contributed by atoms with Crippen molar-refractivity contribution in [3.8, 4) is 0 Å². The molecule has 1 aromatic carbocycles. The molecule has 18 heavy (non-hydrogen) atoms. The van der Waals surface area contributed by atoms with E-state index in [1.807, 2.05) is 25.1 Å². The third-order valence-electron chi connectivity index (χ3n) is 2.18. The fraction of sp³-hybridized carbons (Fsp3) is 0.0833. The second kappa shape index (κ2) is 5.58. The van der Waals surface area contributed by atoms with Gasteiger partial charge in [0.25, 0.3) is 0 Å². The van der Waals surface area contributed by atoms with Crippen molar-refractivity contribution in [1.82, 2.24) is 0 Å². The number of urea groups is 1. The molecular formula is C12H10Br2N2O2. The molecule has 0 fully saturated rings. The minimum Gasteiger partial charge on any atom is -0.434 e. The number of nitrogens with one attached hydrogen (secondary N) is 2. The van der Waals surface area contributed by atoms with E-state index < -0.39 is 0 Å². The molecule has 6 heteroatoms. The number of aryl methyl sites for hydroxylation is 1. The molecule has 2 N–H and O–H groups in total. The third kappa shape index (κ3) is 3.36. The van der Waals surface area contributed by atoms with Gasteiger partial charge in [-0.1, -0.05) is 6.07 Å². The van der Waals surface area contributed by atoms with Gasteiger partial charge in [0.05, 0.1) is 5.69 Å². The first-order chi connectivity index (χ1) is 8.54. The first kappa shape index (κ1) is 13.2. The Hall–Kier alpha value is -1.27. The molecule has 1 aromatic heterocycles. The molecule has 2 amide bonds. The summed E-state index contributed by atoms with van der Waals surface area (Å²) in [6.45, 7) is 1.98. The van der Waals surface area contributed by atoms with Crippen LogP contribution in [-0.2, 0) is 0 Å². The van der Waals surface area contributed by atoms with Gasteiger partial charge in [-0.05, 0) is 62.5 Å². The molecule has 2 aromatic rings. The Morgan fingerprint density at radius 1 is 1.17 bits per heavy atom. The second-order valence-corrected chi connectivity index (χ2v) is 5.30. The highest BCUT2D eigenvalue weighted by Gasteiger charge is 2.07. The molecule has 0 aliphatic carbocycles. The fourth-order valence-electron chi connectivity index (χ4n) is 1.37. The van der Waals surface area contributed by atoms with E-state index in [4.69, 9.17) is 4.42 Å². The summed E-state index contributed by atoms with van der Waals surface area (Å²) in [5.74, 6) is 0.377. The number of halogens is 2. The third-order valence-corrected chi connectivity index (χ3v) is 3.27. The summed E-state index contributed by atoms with van der Waals surface area (Å²) in [6.07, 6.45) is 0. The standard InChI is InChI=1S/C12H10Br2N2O2/c1-7-2-3-9(8(13)6-7)15-12(17)16-11-5-4-10(14)18-11/h2-6H,1H3,(H2,15,16,17). The minimum atomic E-state index is -0.360. The SMILES string of the molecule is Cc1ccc(NC(=O)Nc2ccc(Br)o2)c(Br)c1. The lowest BCUT2D eigenvalue weighted by Crippen LogP contribution is -2.19. The maximum atomic E-state index is 11.7. The van der Waals surface area contributed by atoms with Gasteiger partial charge < -0.3 is 9.73 Å². The average molecular weight is 374 g/mol. The lowest BCUT2D eigenvalue weighted by atomic mass is 10.2. The van der Waals surface area contributed by atoms with Crippen LogP contribution in [-0.4, -0.2) is 6.03 Å². The van der Waals surface area contributed by atoms with Gasteiger partial charge in [0, 0.05) is 10.5 Å². The number of amides is 2. The van der Waals surface area contributed by atoms with E-state index in [0.717, 1.165) is 10.0 Å². The quantitative estimate of drug-likeness (QED) is 0.797. The molecule has 0 spiro atoms. The number of hydrogen-bond donors (Lipinski definition) is 2. The molecule has 0 atom stereocenters. The predicted octanol–water partition coefficient (Wildman–Crippen LogP) is 4.76. The number of hydrogen-bond acceptors (Lipinski definition) is 2. The zero-order chi connectivity index (χ0) is 13.1. The highest BCUT2D eigenvalue weighted by Crippen LogP contribution is 2.24. The van der Waals surface area contributed by atoms with Gasteiger partial charge in [-0.25, -0.2) is 4.79 Å². The van der Waals surface area contributed by atoms with Crippen molar-refractivity contribution < 1.29 is 9.21 Å². The molecule has 2 rings (SSSR count). The zero-order valence-electron chi connectivity index (χ0n) is 9.46. The lowest BCUT2D eigenvalue weighted by molar-refractivity contribution is 0.261.